The quantitative estimate of drug-likeness (QED) is 0.591. The van der Waals surface area contributed by atoms with Crippen molar-refractivity contribution in [3.63, 3.8) is 0 Å². The molecule has 0 unspecified atom stereocenters. The molecule has 3 rings (SSSR count). The molecule has 1 N–H and O–H groups in total. The van der Waals surface area contributed by atoms with Crippen molar-refractivity contribution in [2.45, 2.75) is 5.16 Å². The second-order valence-electron chi connectivity index (χ2n) is 4.24. The number of carboxylic acids is 1. The number of thioether (sulfide) groups is 1. The fraction of sp³-hybridized carbons (Fsp3) is 0.0714. The molecule has 3 aromatic rings. The summed E-state index contributed by atoms with van der Waals surface area (Å²) in [4.78, 5) is 26.0. The van der Waals surface area contributed by atoms with Gasteiger partial charge in [-0.05, 0) is 35.0 Å². The first-order chi connectivity index (χ1) is 10.1. The lowest BCUT2D eigenvalue weighted by molar-refractivity contribution is -0.133. The van der Waals surface area contributed by atoms with Crippen molar-refractivity contribution in [2.24, 2.45) is 0 Å². The van der Waals surface area contributed by atoms with Gasteiger partial charge in [0, 0.05) is 22.7 Å². The third kappa shape index (κ3) is 2.98. The van der Waals surface area contributed by atoms with Crippen molar-refractivity contribution in [3.05, 3.63) is 52.3 Å². The Balaban J connectivity index is 2.07. The summed E-state index contributed by atoms with van der Waals surface area (Å²) in [5.41, 5.74) is 0.469. The van der Waals surface area contributed by atoms with Crippen LogP contribution in [0.4, 0.5) is 0 Å². The number of carbonyl (C=O) groups is 1. The molecule has 0 spiro atoms. The van der Waals surface area contributed by atoms with Crippen molar-refractivity contribution in [1.82, 2.24) is 9.55 Å². The number of benzene rings is 1. The molecular weight excluding hydrogens is 308 g/mol. The van der Waals surface area contributed by atoms with Crippen LogP contribution >= 0.6 is 23.1 Å². The summed E-state index contributed by atoms with van der Waals surface area (Å²) in [7, 11) is 0. The maximum atomic E-state index is 11.4. The molecule has 0 bridgehead atoms. The third-order valence-corrected chi connectivity index (χ3v) is 4.65. The van der Waals surface area contributed by atoms with E-state index >= 15 is 0 Å². The Labute approximate surface area is 127 Å². The van der Waals surface area contributed by atoms with Gasteiger partial charge in [0.1, 0.15) is 0 Å². The van der Waals surface area contributed by atoms with Crippen LogP contribution in [0.1, 0.15) is 0 Å². The molecule has 1 aromatic carbocycles. The molecule has 0 radical (unpaired) electrons. The van der Waals surface area contributed by atoms with Gasteiger partial charge in [-0.15, -0.1) is 11.3 Å². The lowest BCUT2D eigenvalue weighted by Crippen LogP contribution is -2.13. The number of hydrogen-bond acceptors (Lipinski definition) is 5. The van der Waals surface area contributed by atoms with E-state index in [1.807, 2.05) is 29.6 Å². The van der Waals surface area contributed by atoms with E-state index in [-0.39, 0.29) is 11.3 Å². The predicted molar refractivity (Wildman–Crippen MR) is 83.6 cm³/mol. The zero-order valence-corrected chi connectivity index (χ0v) is 12.4. The van der Waals surface area contributed by atoms with E-state index in [1.165, 1.54) is 10.8 Å². The minimum Gasteiger partial charge on any atom is -0.481 e. The van der Waals surface area contributed by atoms with E-state index in [1.54, 1.807) is 22.1 Å². The molecule has 0 fully saturated rings. The number of nitrogens with zero attached hydrogens (tertiary/aromatic N) is 2. The molecule has 0 amide bonds. The van der Waals surface area contributed by atoms with Crippen LogP contribution in [0.25, 0.3) is 15.8 Å². The zero-order valence-electron chi connectivity index (χ0n) is 10.7. The van der Waals surface area contributed by atoms with Crippen LogP contribution in [0.3, 0.4) is 0 Å². The summed E-state index contributed by atoms with van der Waals surface area (Å²) in [6.07, 6.45) is 1.62. The standard InChI is InChI=1S/C14H10N2O3S2/c17-12-3-5-16(14(15-12)21-8-13(18)19)10-1-2-11-9(7-10)4-6-20-11/h1-7H,8H2,(H,18,19). The Hall–Kier alpha value is -2.12. The summed E-state index contributed by atoms with van der Waals surface area (Å²) in [6.45, 7) is 0. The van der Waals surface area contributed by atoms with Crippen molar-refractivity contribution in [2.75, 3.05) is 5.75 Å². The topological polar surface area (TPSA) is 72.2 Å². The summed E-state index contributed by atoms with van der Waals surface area (Å²) in [5, 5.41) is 12.3. The second-order valence-corrected chi connectivity index (χ2v) is 6.13. The summed E-state index contributed by atoms with van der Waals surface area (Å²) in [5.74, 6) is -1.09. The summed E-state index contributed by atoms with van der Waals surface area (Å²) < 4.78 is 2.90. The van der Waals surface area contributed by atoms with E-state index < -0.39 is 5.97 Å². The molecule has 0 atom stereocenters. The van der Waals surface area contributed by atoms with Crippen LogP contribution < -0.4 is 5.56 Å². The average Bonchev–Trinajstić information content (AvgIpc) is 2.92. The third-order valence-electron chi connectivity index (χ3n) is 2.82. The molecule has 106 valence electrons. The van der Waals surface area contributed by atoms with Crippen molar-refractivity contribution >= 4 is 39.2 Å². The smallest absolute Gasteiger partial charge is 0.313 e. The molecular formula is C14H10N2O3S2. The lowest BCUT2D eigenvalue weighted by atomic mass is 10.2. The van der Waals surface area contributed by atoms with Crippen molar-refractivity contribution in [3.8, 4) is 5.69 Å². The first-order valence-electron chi connectivity index (χ1n) is 6.05. The molecule has 21 heavy (non-hydrogen) atoms. The first-order valence-corrected chi connectivity index (χ1v) is 7.92. The molecule has 2 heterocycles. The molecule has 7 heteroatoms. The van der Waals surface area contributed by atoms with Crippen LogP contribution in [0.5, 0.6) is 0 Å². The SMILES string of the molecule is O=C(O)CSc1nc(=O)ccn1-c1ccc2sccc2c1. The van der Waals surface area contributed by atoms with Gasteiger partial charge in [0.15, 0.2) is 5.16 Å². The van der Waals surface area contributed by atoms with Gasteiger partial charge in [-0.3, -0.25) is 14.2 Å². The fourth-order valence-electron chi connectivity index (χ4n) is 1.92. The van der Waals surface area contributed by atoms with Gasteiger partial charge in [0.05, 0.1) is 5.75 Å². The van der Waals surface area contributed by atoms with Crippen molar-refractivity contribution < 1.29 is 9.90 Å². The Morgan fingerprint density at radius 2 is 2.19 bits per heavy atom. The Morgan fingerprint density at radius 3 is 3.00 bits per heavy atom. The largest absolute Gasteiger partial charge is 0.481 e. The molecule has 0 aliphatic heterocycles. The highest BCUT2D eigenvalue weighted by molar-refractivity contribution is 7.99. The Morgan fingerprint density at radius 1 is 1.33 bits per heavy atom. The highest BCUT2D eigenvalue weighted by atomic mass is 32.2. The van der Waals surface area contributed by atoms with E-state index in [9.17, 15) is 9.59 Å². The van der Waals surface area contributed by atoms with Crippen LogP contribution in [0.2, 0.25) is 0 Å². The van der Waals surface area contributed by atoms with Gasteiger partial charge < -0.3 is 5.11 Å². The second kappa shape index (κ2) is 5.71. The monoisotopic (exact) mass is 318 g/mol. The van der Waals surface area contributed by atoms with Crippen molar-refractivity contribution in [1.29, 1.82) is 0 Å². The highest BCUT2D eigenvalue weighted by Gasteiger charge is 2.09. The molecule has 0 aliphatic carbocycles. The minimum atomic E-state index is -0.946. The maximum Gasteiger partial charge on any atom is 0.313 e. The van der Waals surface area contributed by atoms with E-state index in [4.69, 9.17) is 5.11 Å². The summed E-state index contributed by atoms with van der Waals surface area (Å²) >= 11 is 2.68. The molecule has 0 saturated heterocycles. The normalized spacial score (nSPS) is 10.9. The van der Waals surface area contributed by atoms with Crippen LogP contribution in [0, 0.1) is 0 Å². The molecule has 5 nitrogen and oxygen atoms in total. The van der Waals surface area contributed by atoms with Crippen LogP contribution in [0.15, 0.2) is 51.9 Å². The number of rotatable bonds is 4. The number of fused-ring (bicyclic) bond motifs is 1. The zero-order chi connectivity index (χ0) is 14.8. The predicted octanol–water partition coefficient (Wildman–Crippen LogP) is 2.62. The van der Waals surface area contributed by atoms with Crippen LogP contribution in [-0.2, 0) is 4.79 Å². The van der Waals surface area contributed by atoms with Crippen LogP contribution in [-0.4, -0.2) is 26.4 Å². The van der Waals surface area contributed by atoms with Gasteiger partial charge in [0.25, 0.3) is 5.56 Å². The molecule has 0 saturated carbocycles. The number of aromatic nitrogens is 2. The lowest BCUT2D eigenvalue weighted by Gasteiger charge is -2.11. The highest BCUT2D eigenvalue weighted by Crippen LogP contribution is 2.25. The van der Waals surface area contributed by atoms with Gasteiger partial charge in [-0.2, -0.15) is 4.98 Å². The van der Waals surface area contributed by atoms with Gasteiger partial charge >= 0.3 is 5.97 Å². The number of hydrogen-bond donors (Lipinski definition) is 1. The molecule has 0 aliphatic rings. The average molecular weight is 318 g/mol. The number of carboxylic acid groups (broad SMARTS) is 1. The fourth-order valence-corrected chi connectivity index (χ4v) is 3.40. The van der Waals surface area contributed by atoms with E-state index in [2.05, 4.69) is 4.98 Å². The van der Waals surface area contributed by atoms with Gasteiger partial charge in [-0.25, -0.2) is 0 Å². The van der Waals surface area contributed by atoms with Gasteiger partial charge in [0.2, 0.25) is 0 Å². The van der Waals surface area contributed by atoms with E-state index in [0.717, 1.165) is 22.8 Å². The first kappa shape index (κ1) is 13.8. The van der Waals surface area contributed by atoms with Gasteiger partial charge in [-0.1, -0.05) is 11.8 Å². The maximum absolute atomic E-state index is 11.4. The molecule has 2 aromatic heterocycles. The summed E-state index contributed by atoms with van der Waals surface area (Å²) in [6, 6.07) is 9.30. The Kier molecular flexibility index (Phi) is 3.76. The van der Waals surface area contributed by atoms with E-state index in [0.29, 0.717) is 5.16 Å². The number of aliphatic carboxylic acids is 1. The number of thiophene rings is 1. The Bertz CT molecular complexity index is 870. The minimum absolute atomic E-state index is 0.142.